The third-order valence-electron chi connectivity index (χ3n) is 10.7. The van der Waals surface area contributed by atoms with E-state index in [1.807, 2.05) is 36.4 Å². The van der Waals surface area contributed by atoms with Crippen LogP contribution in [0.5, 0.6) is 0 Å². The number of oxazole rings is 1. The fourth-order valence-electron chi connectivity index (χ4n) is 8.00. The molecular formula is C51H32N2O2. The molecule has 0 radical (unpaired) electrons. The first kappa shape index (κ1) is 31.1. The Morgan fingerprint density at radius 1 is 0.382 bits per heavy atom. The maximum absolute atomic E-state index is 6.58. The van der Waals surface area contributed by atoms with E-state index in [0.29, 0.717) is 5.89 Å². The lowest BCUT2D eigenvalue weighted by atomic mass is 9.99. The number of rotatable bonds is 6. The molecule has 55 heavy (non-hydrogen) atoms. The summed E-state index contributed by atoms with van der Waals surface area (Å²) < 4.78 is 13.1. The molecule has 0 fully saturated rings. The Bertz CT molecular complexity index is 3180. The second-order valence-electron chi connectivity index (χ2n) is 13.9. The van der Waals surface area contributed by atoms with Gasteiger partial charge in [0.15, 0.2) is 5.58 Å². The highest BCUT2D eigenvalue weighted by Crippen LogP contribution is 2.42. The van der Waals surface area contributed by atoms with E-state index in [2.05, 4.69) is 163 Å². The van der Waals surface area contributed by atoms with Crippen LogP contribution < -0.4 is 4.90 Å². The van der Waals surface area contributed by atoms with Crippen molar-refractivity contribution in [2.24, 2.45) is 0 Å². The Balaban J connectivity index is 1.01. The molecule has 2 heterocycles. The monoisotopic (exact) mass is 704 g/mol. The summed E-state index contributed by atoms with van der Waals surface area (Å²) >= 11 is 0. The van der Waals surface area contributed by atoms with Crippen molar-refractivity contribution in [2.75, 3.05) is 4.90 Å². The number of nitrogens with zero attached hydrogens (tertiary/aromatic N) is 2. The van der Waals surface area contributed by atoms with Crippen molar-refractivity contribution >= 4 is 71.6 Å². The van der Waals surface area contributed by atoms with Crippen molar-refractivity contribution in [1.82, 2.24) is 4.98 Å². The van der Waals surface area contributed by atoms with Gasteiger partial charge in [-0.15, -0.1) is 0 Å². The molecule has 0 aliphatic carbocycles. The molecule has 0 atom stereocenters. The Kier molecular flexibility index (Phi) is 7.14. The average molecular weight is 705 g/mol. The van der Waals surface area contributed by atoms with Crippen molar-refractivity contribution in [2.45, 2.75) is 0 Å². The van der Waals surface area contributed by atoms with Gasteiger partial charge in [-0.1, -0.05) is 127 Å². The van der Waals surface area contributed by atoms with Crippen LogP contribution in [0.3, 0.4) is 0 Å². The van der Waals surface area contributed by atoms with Crippen molar-refractivity contribution in [1.29, 1.82) is 0 Å². The van der Waals surface area contributed by atoms with Crippen molar-refractivity contribution < 1.29 is 8.83 Å². The molecule has 11 rings (SSSR count). The summed E-state index contributed by atoms with van der Waals surface area (Å²) in [5.41, 5.74) is 12.1. The van der Waals surface area contributed by atoms with Gasteiger partial charge in [0.25, 0.3) is 0 Å². The van der Waals surface area contributed by atoms with Crippen molar-refractivity contribution in [3.05, 3.63) is 194 Å². The minimum atomic E-state index is 0.624. The first-order valence-electron chi connectivity index (χ1n) is 18.5. The largest absolute Gasteiger partial charge is 0.455 e. The predicted octanol–water partition coefficient (Wildman–Crippen LogP) is 14.5. The van der Waals surface area contributed by atoms with E-state index in [-0.39, 0.29) is 0 Å². The third-order valence-corrected chi connectivity index (χ3v) is 10.7. The van der Waals surface area contributed by atoms with Crippen LogP contribution in [0.4, 0.5) is 17.1 Å². The normalized spacial score (nSPS) is 11.6. The summed E-state index contributed by atoms with van der Waals surface area (Å²) in [6, 6.07) is 68.0. The topological polar surface area (TPSA) is 42.4 Å². The molecule has 258 valence electrons. The molecule has 11 aromatic rings. The smallest absolute Gasteiger partial charge is 0.227 e. The minimum Gasteiger partial charge on any atom is -0.455 e. The van der Waals surface area contributed by atoms with Crippen LogP contribution in [-0.2, 0) is 0 Å². The summed E-state index contributed by atoms with van der Waals surface area (Å²) in [7, 11) is 0. The molecule has 0 amide bonds. The van der Waals surface area contributed by atoms with E-state index in [4.69, 9.17) is 13.8 Å². The fraction of sp³-hybridized carbons (Fsp3) is 0. The lowest BCUT2D eigenvalue weighted by molar-refractivity contribution is 0.623. The van der Waals surface area contributed by atoms with Crippen molar-refractivity contribution in [3.63, 3.8) is 0 Å². The van der Waals surface area contributed by atoms with Gasteiger partial charge in [-0.05, 0) is 99.6 Å². The Morgan fingerprint density at radius 3 is 1.84 bits per heavy atom. The molecular weight excluding hydrogens is 673 g/mol. The number of anilines is 3. The zero-order valence-corrected chi connectivity index (χ0v) is 29.7. The van der Waals surface area contributed by atoms with Gasteiger partial charge in [0, 0.05) is 44.3 Å². The summed E-state index contributed by atoms with van der Waals surface area (Å²) in [5, 5.41) is 6.67. The Hall–Kier alpha value is -7.43. The minimum absolute atomic E-state index is 0.624. The van der Waals surface area contributed by atoms with Crippen LogP contribution in [0.1, 0.15) is 0 Å². The quantitative estimate of drug-likeness (QED) is 0.162. The van der Waals surface area contributed by atoms with Crippen LogP contribution >= 0.6 is 0 Å². The molecule has 0 N–H and O–H groups in total. The molecule has 0 aliphatic rings. The summed E-state index contributed by atoms with van der Waals surface area (Å²) in [6.45, 7) is 0. The van der Waals surface area contributed by atoms with Crippen LogP contribution in [0.15, 0.2) is 203 Å². The molecule has 0 spiro atoms. The molecule has 0 bridgehead atoms. The number of hydrogen-bond donors (Lipinski definition) is 0. The highest BCUT2D eigenvalue weighted by atomic mass is 16.3. The van der Waals surface area contributed by atoms with Gasteiger partial charge < -0.3 is 13.7 Å². The molecule has 4 heteroatoms. The van der Waals surface area contributed by atoms with E-state index < -0.39 is 0 Å². The van der Waals surface area contributed by atoms with Gasteiger partial charge in [-0.25, -0.2) is 4.98 Å². The lowest BCUT2D eigenvalue weighted by Crippen LogP contribution is -2.09. The number of para-hydroxylation sites is 2. The summed E-state index contributed by atoms with van der Waals surface area (Å²) in [5.74, 6) is 0.624. The van der Waals surface area contributed by atoms with Gasteiger partial charge >= 0.3 is 0 Å². The maximum atomic E-state index is 6.58. The van der Waals surface area contributed by atoms with E-state index in [9.17, 15) is 0 Å². The SMILES string of the molecule is c1ccc(-c2nc3ccc4ccc5ccc(N(c6ccccc6)c6ccc(-c7ccc8c(c7)oc7c(-c9ccccc9)cccc78)cc6)cc5c4c3o2)cc1. The second-order valence-corrected chi connectivity index (χ2v) is 13.9. The molecule has 0 saturated heterocycles. The molecule has 9 aromatic carbocycles. The number of benzene rings is 9. The van der Waals surface area contributed by atoms with Crippen molar-refractivity contribution in [3.8, 4) is 33.7 Å². The maximum Gasteiger partial charge on any atom is 0.227 e. The summed E-state index contributed by atoms with van der Waals surface area (Å²) in [6.07, 6.45) is 0. The van der Waals surface area contributed by atoms with Crippen LogP contribution in [-0.4, -0.2) is 4.98 Å². The zero-order valence-electron chi connectivity index (χ0n) is 29.7. The third kappa shape index (κ3) is 5.26. The zero-order chi connectivity index (χ0) is 36.3. The predicted molar refractivity (Wildman–Crippen MR) is 227 cm³/mol. The second kappa shape index (κ2) is 12.6. The standard InChI is InChI=1S/C51H32N2O2/c1-4-11-34(12-5-1)42-17-10-18-44-43-29-24-38(31-47(43)54-49(42)44)33-21-26-40(27-22-33)53(39-15-8-3-9-16-39)41-28-23-35-19-20-36-25-30-46-50(48(36)45(35)32-41)55-51(52-46)37-13-6-2-7-14-37/h1-32H. The van der Waals surface area contributed by atoms with Gasteiger partial charge in [0.2, 0.25) is 5.89 Å². The van der Waals surface area contributed by atoms with E-state index in [1.54, 1.807) is 0 Å². The first-order valence-corrected chi connectivity index (χ1v) is 18.5. The van der Waals surface area contributed by atoms with Gasteiger partial charge in [0.05, 0.1) is 0 Å². The highest BCUT2D eigenvalue weighted by molar-refractivity contribution is 6.19. The number of aromatic nitrogens is 1. The highest BCUT2D eigenvalue weighted by Gasteiger charge is 2.18. The van der Waals surface area contributed by atoms with E-state index in [0.717, 1.165) is 99.5 Å². The van der Waals surface area contributed by atoms with E-state index in [1.165, 1.54) is 0 Å². The fourth-order valence-corrected chi connectivity index (χ4v) is 8.00. The van der Waals surface area contributed by atoms with Gasteiger partial charge in [0.1, 0.15) is 16.7 Å². The number of fused-ring (bicyclic) bond motifs is 8. The van der Waals surface area contributed by atoms with Crippen LogP contribution in [0.25, 0.3) is 88.3 Å². The summed E-state index contributed by atoms with van der Waals surface area (Å²) in [4.78, 5) is 7.20. The molecule has 0 unspecified atom stereocenters. The van der Waals surface area contributed by atoms with Gasteiger partial charge in [-0.2, -0.15) is 0 Å². The van der Waals surface area contributed by atoms with E-state index >= 15 is 0 Å². The van der Waals surface area contributed by atoms with Crippen LogP contribution in [0.2, 0.25) is 0 Å². The molecule has 0 aliphatic heterocycles. The molecule has 2 aromatic heterocycles. The number of hydrogen-bond acceptors (Lipinski definition) is 4. The molecule has 4 nitrogen and oxygen atoms in total. The van der Waals surface area contributed by atoms with Gasteiger partial charge in [-0.3, -0.25) is 0 Å². The average Bonchev–Trinajstić information content (AvgIpc) is 3.87. The Labute approximate surface area is 317 Å². The first-order chi connectivity index (χ1) is 27.2. The number of furan rings is 1. The Morgan fingerprint density at radius 2 is 1.04 bits per heavy atom. The lowest BCUT2D eigenvalue weighted by Gasteiger charge is -2.26. The van der Waals surface area contributed by atoms with Crippen LogP contribution in [0, 0.1) is 0 Å². The molecule has 0 saturated carbocycles.